The topological polar surface area (TPSA) is 44.7 Å². The van der Waals surface area contributed by atoms with Gasteiger partial charge in [-0.2, -0.15) is 0 Å². The number of carbonyl (C=O) groups excluding carboxylic acids is 1. The number of hydrogen-bond donors (Lipinski definition) is 1. The molecule has 78 valence electrons. The summed E-state index contributed by atoms with van der Waals surface area (Å²) in [6, 6.07) is 0. The highest BCUT2D eigenvalue weighted by Gasteiger charge is 2.04. The van der Waals surface area contributed by atoms with Gasteiger partial charge in [0.05, 0.1) is 0 Å². The molecule has 1 amide bonds. The van der Waals surface area contributed by atoms with Crippen molar-refractivity contribution in [2.24, 2.45) is 4.99 Å². The molecule has 14 heavy (non-hydrogen) atoms. The van der Waals surface area contributed by atoms with Crippen molar-refractivity contribution in [1.29, 1.82) is 0 Å². The summed E-state index contributed by atoms with van der Waals surface area (Å²) in [5.41, 5.74) is 3.41. The Balaban J connectivity index is 4.26. The first-order chi connectivity index (χ1) is 6.51. The Kier molecular flexibility index (Phi) is 5.71. The van der Waals surface area contributed by atoms with Gasteiger partial charge in [0, 0.05) is 12.8 Å². The van der Waals surface area contributed by atoms with Crippen LogP contribution in [0.3, 0.4) is 0 Å². The summed E-state index contributed by atoms with van der Waals surface area (Å²) in [6.07, 6.45) is 2.01. The Hall–Kier alpha value is -1.23. The predicted molar refractivity (Wildman–Crippen MR) is 62.1 cm³/mol. The van der Waals surface area contributed by atoms with Gasteiger partial charge in [-0.05, 0) is 31.6 Å². The minimum Gasteiger partial charge on any atom is -0.268 e. The summed E-state index contributed by atoms with van der Waals surface area (Å²) >= 11 is 4.97. The second kappa shape index (κ2) is 6.26. The fourth-order valence-electron chi connectivity index (χ4n) is 0.576. The van der Waals surface area contributed by atoms with E-state index in [1.165, 1.54) is 11.1 Å². The normalized spacial score (nSPS) is 10.6. The largest absolute Gasteiger partial charge is 0.268 e. The van der Waals surface area contributed by atoms with E-state index in [1.54, 1.807) is 7.05 Å². The Bertz CT molecular complexity index is 273. The lowest BCUT2D eigenvalue weighted by atomic mass is 10.3. The number of aliphatic imine (C=N–C) groups is 1. The van der Waals surface area contributed by atoms with E-state index in [0.29, 0.717) is 5.11 Å². The highest BCUT2D eigenvalue weighted by atomic mass is 32.1. The highest BCUT2D eigenvalue weighted by molar-refractivity contribution is 7.80. The van der Waals surface area contributed by atoms with Gasteiger partial charge in [0.2, 0.25) is 5.11 Å². The number of nitrogens with one attached hydrogen (secondary N) is 1. The van der Waals surface area contributed by atoms with Crippen LogP contribution >= 0.6 is 12.2 Å². The second-order valence-electron chi connectivity index (χ2n) is 2.72. The van der Waals surface area contributed by atoms with E-state index in [1.807, 2.05) is 13.8 Å². The van der Waals surface area contributed by atoms with Crippen molar-refractivity contribution in [3.63, 3.8) is 0 Å². The smallest absolute Gasteiger partial charge is 0.261 e. The van der Waals surface area contributed by atoms with Gasteiger partial charge in [-0.15, -0.1) is 0 Å². The fraction of sp³-hybridized carbons (Fsp3) is 0.444. The van der Waals surface area contributed by atoms with E-state index in [9.17, 15) is 4.79 Å². The van der Waals surface area contributed by atoms with Crippen molar-refractivity contribution in [2.75, 3.05) is 7.05 Å². The van der Waals surface area contributed by atoms with Crippen LogP contribution in [0.25, 0.3) is 0 Å². The lowest BCUT2D eigenvalue weighted by molar-refractivity contribution is -0.119. The minimum atomic E-state index is -0.306. The van der Waals surface area contributed by atoms with Gasteiger partial charge in [0.15, 0.2) is 0 Å². The van der Waals surface area contributed by atoms with Crippen LogP contribution in [0.15, 0.2) is 17.6 Å². The first-order valence-electron chi connectivity index (χ1n) is 4.26. The summed E-state index contributed by atoms with van der Waals surface area (Å²) in [6.45, 7) is 7.21. The molecule has 0 aliphatic rings. The van der Waals surface area contributed by atoms with Crippen molar-refractivity contribution >= 4 is 28.9 Å². The van der Waals surface area contributed by atoms with Gasteiger partial charge >= 0.3 is 0 Å². The summed E-state index contributed by atoms with van der Waals surface area (Å²) in [7, 11) is 1.64. The van der Waals surface area contributed by atoms with Gasteiger partial charge in [-0.3, -0.25) is 15.2 Å². The van der Waals surface area contributed by atoms with Crippen molar-refractivity contribution < 1.29 is 4.79 Å². The molecule has 0 aromatic rings. The van der Waals surface area contributed by atoms with Gasteiger partial charge < -0.3 is 0 Å². The first-order valence-corrected chi connectivity index (χ1v) is 4.67. The molecule has 0 spiro atoms. The molecule has 0 radical (unpaired) electrons. The SMILES string of the molecule is C=CC(=O)NN(C)C(=S)N=C(C)CC. The molecular weight excluding hydrogens is 198 g/mol. The van der Waals surface area contributed by atoms with Gasteiger partial charge in [-0.25, -0.2) is 4.99 Å². The summed E-state index contributed by atoms with van der Waals surface area (Å²) in [5.74, 6) is -0.306. The van der Waals surface area contributed by atoms with E-state index in [4.69, 9.17) is 12.2 Å². The van der Waals surface area contributed by atoms with Crippen LogP contribution in [0.4, 0.5) is 0 Å². The van der Waals surface area contributed by atoms with Crippen molar-refractivity contribution in [3.8, 4) is 0 Å². The molecule has 0 aliphatic carbocycles. The van der Waals surface area contributed by atoms with E-state index < -0.39 is 0 Å². The van der Waals surface area contributed by atoms with E-state index in [-0.39, 0.29) is 5.91 Å². The number of thiocarbonyl (C=S) groups is 1. The maximum Gasteiger partial charge on any atom is 0.261 e. The Morgan fingerprint density at radius 2 is 2.29 bits per heavy atom. The second-order valence-corrected chi connectivity index (χ2v) is 3.09. The Morgan fingerprint density at radius 3 is 2.71 bits per heavy atom. The molecule has 0 saturated carbocycles. The molecule has 0 unspecified atom stereocenters. The van der Waals surface area contributed by atoms with Crippen LogP contribution in [0.1, 0.15) is 20.3 Å². The zero-order valence-corrected chi connectivity index (χ0v) is 9.52. The number of carbonyl (C=O) groups is 1. The number of rotatable bonds is 2. The quantitative estimate of drug-likeness (QED) is 0.325. The standard InChI is InChI=1S/C9H15N3OS/c1-5-7(3)10-9(14)12(4)11-8(13)6-2/h6H,2,5H2,1,3-4H3,(H,11,13). The summed E-state index contributed by atoms with van der Waals surface area (Å²) in [4.78, 5) is 15.0. The molecule has 0 rings (SSSR count). The summed E-state index contributed by atoms with van der Waals surface area (Å²) in [5, 5.41) is 1.72. The van der Waals surface area contributed by atoms with Crippen molar-refractivity contribution in [1.82, 2.24) is 10.4 Å². The zero-order chi connectivity index (χ0) is 11.1. The molecule has 0 bridgehead atoms. The number of hydrazine groups is 1. The molecule has 1 N–H and O–H groups in total. The van der Waals surface area contributed by atoms with E-state index in [2.05, 4.69) is 17.0 Å². The third-order valence-electron chi connectivity index (χ3n) is 1.55. The molecule has 5 heteroatoms. The molecule has 0 saturated heterocycles. The van der Waals surface area contributed by atoms with Crippen LogP contribution in [0.2, 0.25) is 0 Å². The third kappa shape index (κ3) is 4.71. The molecule has 0 fully saturated rings. The fourth-order valence-corrected chi connectivity index (χ4v) is 0.778. The predicted octanol–water partition coefficient (Wildman–Crippen LogP) is 1.29. The molecule has 4 nitrogen and oxygen atoms in total. The highest BCUT2D eigenvalue weighted by Crippen LogP contribution is 1.91. The average Bonchev–Trinajstić information content (AvgIpc) is 2.17. The van der Waals surface area contributed by atoms with Crippen LogP contribution in [0.5, 0.6) is 0 Å². The minimum absolute atomic E-state index is 0.306. The molecule has 0 aromatic carbocycles. The van der Waals surface area contributed by atoms with Gasteiger partial charge in [0.25, 0.3) is 5.91 Å². The van der Waals surface area contributed by atoms with E-state index >= 15 is 0 Å². The molecule has 0 atom stereocenters. The summed E-state index contributed by atoms with van der Waals surface area (Å²) < 4.78 is 0. The molecular formula is C9H15N3OS. The van der Waals surface area contributed by atoms with Gasteiger partial charge in [-0.1, -0.05) is 13.5 Å². The van der Waals surface area contributed by atoms with Gasteiger partial charge in [0.1, 0.15) is 0 Å². The monoisotopic (exact) mass is 213 g/mol. The van der Waals surface area contributed by atoms with Crippen molar-refractivity contribution in [3.05, 3.63) is 12.7 Å². The lowest BCUT2D eigenvalue weighted by Gasteiger charge is -2.17. The van der Waals surface area contributed by atoms with Crippen LogP contribution in [0, 0.1) is 0 Å². The average molecular weight is 213 g/mol. The molecule has 0 aromatic heterocycles. The number of hydrogen-bond acceptors (Lipinski definition) is 2. The van der Waals surface area contributed by atoms with Crippen LogP contribution in [-0.2, 0) is 4.79 Å². The molecule has 0 aliphatic heterocycles. The third-order valence-corrected chi connectivity index (χ3v) is 1.91. The first kappa shape index (κ1) is 12.8. The number of amides is 1. The molecule has 0 heterocycles. The number of nitrogens with zero attached hydrogens (tertiary/aromatic N) is 2. The Morgan fingerprint density at radius 1 is 1.71 bits per heavy atom. The maximum atomic E-state index is 10.9. The van der Waals surface area contributed by atoms with Crippen molar-refractivity contribution in [2.45, 2.75) is 20.3 Å². The van der Waals surface area contributed by atoms with Crippen LogP contribution in [-0.4, -0.2) is 28.8 Å². The maximum absolute atomic E-state index is 10.9. The zero-order valence-electron chi connectivity index (χ0n) is 8.70. The van der Waals surface area contributed by atoms with Crippen LogP contribution < -0.4 is 5.43 Å². The lowest BCUT2D eigenvalue weighted by Crippen LogP contribution is -2.41. The van der Waals surface area contributed by atoms with E-state index in [0.717, 1.165) is 12.1 Å². The Labute approximate surface area is 89.7 Å².